The van der Waals surface area contributed by atoms with Gasteiger partial charge in [0.05, 0.1) is 11.1 Å². The molecule has 0 radical (unpaired) electrons. The minimum atomic E-state index is -0.740. The molecule has 0 saturated carbocycles. The van der Waals surface area contributed by atoms with E-state index in [9.17, 15) is 23.2 Å². The normalized spacial score (nSPS) is 13.2. The first kappa shape index (κ1) is 16.8. The zero-order valence-corrected chi connectivity index (χ0v) is 13.5. The second-order valence-corrected chi connectivity index (χ2v) is 5.83. The molecule has 0 aliphatic carbocycles. The van der Waals surface area contributed by atoms with Gasteiger partial charge in [-0.15, -0.1) is 0 Å². The summed E-state index contributed by atoms with van der Waals surface area (Å²) in [5.41, 5.74) is 0.792. The lowest BCUT2D eigenvalue weighted by Crippen LogP contribution is -2.27. The van der Waals surface area contributed by atoms with Gasteiger partial charge in [-0.1, -0.05) is 6.07 Å². The molecule has 1 aliphatic heterocycles. The van der Waals surface area contributed by atoms with Crippen molar-refractivity contribution in [3.8, 4) is 0 Å². The van der Waals surface area contributed by atoms with Gasteiger partial charge < -0.3 is 4.90 Å². The zero-order chi connectivity index (χ0) is 18.3. The number of amides is 3. The number of hydrogen-bond acceptors (Lipinski definition) is 3. The Morgan fingerprint density at radius 1 is 1.04 bits per heavy atom. The Morgan fingerprint density at radius 2 is 1.72 bits per heavy atom. The van der Waals surface area contributed by atoms with Gasteiger partial charge in [0.1, 0.15) is 11.6 Å². The Balaban J connectivity index is 1.84. The second-order valence-electron chi connectivity index (χ2n) is 5.83. The molecular weight excluding hydrogens is 330 g/mol. The molecule has 3 rings (SSSR count). The number of carbonyl (C=O) groups is 3. The van der Waals surface area contributed by atoms with Crippen LogP contribution in [0.2, 0.25) is 0 Å². The van der Waals surface area contributed by atoms with Crippen molar-refractivity contribution >= 4 is 17.7 Å². The quantitative estimate of drug-likeness (QED) is 0.804. The Morgan fingerprint density at radius 3 is 2.40 bits per heavy atom. The number of nitrogens with zero attached hydrogens (tertiary/aromatic N) is 2. The van der Waals surface area contributed by atoms with Gasteiger partial charge >= 0.3 is 0 Å². The standard InChI is InChI=1S/C18H14F2N2O3/c1-21(9-11-3-5-12(19)8-15(11)20)16(23)10-4-6-13-14(7-10)18(25)22(2)17(13)24/h3-8H,9H2,1-2H3. The molecule has 0 unspecified atom stereocenters. The fourth-order valence-electron chi connectivity index (χ4n) is 2.69. The molecule has 0 saturated heterocycles. The minimum absolute atomic E-state index is 0.0607. The number of halogens is 2. The lowest BCUT2D eigenvalue weighted by Gasteiger charge is -2.18. The Bertz CT molecular complexity index is 911. The van der Waals surface area contributed by atoms with Gasteiger partial charge in [0.15, 0.2) is 0 Å². The highest BCUT2D eigenvalue weighted by atomic mass is 19.1. The number of fused-ring (bicyclic) bond motifs is 1. The van der Waals surface area contributed by atoms with Crippen molar-refractivity contribution in [3.63, 3.8) is 0 Å². The van der Waals surface area contributed by atoms with Crippen LogP contribution in [0.3, 0.4) is 0 Å². The predicted molar refractivity (Wildman–Crippen MR) is 85.0 cm³/mol. The van der Waals surface area contributed by atoms with Crippen molar-refractivity contribution in [3.05, 3.63) is 70.3 Å². The molecule has 25 heavy (non-hydrogen) atoms. The zero-order valence-electron chi connectivity index (χ0n) is 13.5. The molecule has 7 heteroatoms. The van der Waals surface area contributed by atoms with Gasteiger partial charge in [0.25, 0.3) is 17.7 Å². The van der Waals surface area contributed by atoms with E-state index < -0.39 is 29.4 Å². The van der Waals surface area contributed by atoms with Crippen LogP contribution < -0.4 is 0 Å². The first-order valence-electron chi connectivity index (χ1n) is 7.45. The number of carbonyl (C=O) groups excluding carboxylic acids is 3. The highest BCUT2D eigenvalue weighted by molar-refractivity contribution is 6.21. The highest BCUT2D eigenvalue weighted by Gasteiger charge is 2.33. The van der Waals surface area contributed by atoms with Crippen molar-refractivity contribution in [2.45, 2.75) is 6.54 Å². The summed E-state index contributed by atoms with van der Waals surface area (Å²) in [7, 11) is 2.84. The van der Waals surface area contributed by atoms with Crippen molar-refractivity contribution in [2.24, 2.45) is 0 Å². The maximum absolute atomic E-state index is 13.7. The van der Waals surface area contributed by atoms with Crippen LogP contribution in [0.5, 0.6) is 0 Å². The summed E-state index contributed by atoms with van der Waals surface area (Å²) >= 11 is 0. The van der Waals surface area contributed by atoms with E-state index in [0.29, 0.717) is 0 Å². The van der Waals surface area contributed by atoms with E-state index in [2.05, 4.69) is 0 Å². The highest BCUT2D eigenvalue weighted by Crippen LogP contribution is 2.23. The molecule has 2 aromatic rings. The van der Waals surface area contributed by atoms with Crippen LogP contribution in [-0.4, -0.2) is 41.6 Å². The third-order valence-electron chi connectivity index (χ3n) is 4.11. The lowest BCUT2D eigenvalue weighted by molar-refractivity contribution is 0.0692. The summed E-state index contributed by atoms with van der Waals surface area (Å²) in [5.74, 6) is -2.76. The third-order valence-corrected chi connectivity index (χ3v) is 4.11. The Labute approximate surface area is 142 Å². The van der Waals surface area contributed by atoms with Crippen LogP contribution in [0.1, 0.15) is 36.6 Å². The van der Waals surface area contributed by atoms with E-state index in [1.807, 2.05) is 0 Å². The fourth-order valence-corrected chi connectivity index (χ4v) is 2.69. The molecule has 0 N–H and O–H groups in total. The molecule has 5 nitrogen and oxygen atoms in total. The van der Waals surface area contributed by atoms with Crippen LogP contribution >= 0.6 is 0 Å². The SMILES string of the molecule is CN(Cc1ccc(F)cc1F)C(=O)c1ccc2c(c1)C(=O)N(C)C2=O. The van der Waals surface area contributed by atoms with Gasteiger partial charge in [-0.3, -0.25) is 19.3 Å². The summed E-state index contributed by atoms with van der Waals surface area (Å²) in [6.45, 7) is -0.0607. The van der Waals surface area contributed by atoms with Gasteiger partial charge in [-0.25, -0.2) is 8.78 Å². The van der Waals surface area contributed by atoms with Crippen LogP contribution in [0.15, 0.2) is 36.4 Å². The molecule has 1 heterocycles. The second kappa shape index (κ2) is 6.08. The smallest absolute Gasteiger partial charge is 0.261 e. The van der Waals surface area contributed by atoms with E-state index in [1.54, 1.807) is 0 Å². The first-order valence-corrected chi connectivity index (χ1v) is 7.45. The lowest BCUT2D eigenvalue weighted by atomic mass is 10.0. The number of hydrogen-bond donors (Lipinski definition) is 0. The summed E-state index contributed by atoms with van der Waals surface area (Å²) in [5, 5.41) is 0. The first-order chi connectivity index (χ1) is 11.8. The van der Waals surface area contributed by atoms with Crippen LogP contribution in [0.4, 0.5) is 8.78 Å². The molecular formula is C18H14F2N2O3. The van der Waals surface area contributed by atoms with Gasteiger partial charge in [0.2, 0.25) is 0 Å². The van der Waals surface area contributed by atoms with Crippen molar-refractivity contribution in [2.75, 3.05) is 14.1 Å². The van der Waals surface area contributed by atoms with Gasteiger partial charge in [0, 0.05) is 37.8 Å². The van der Waals surface area contributed by atoms with Crippen molar-refractivity contribution < 1.29 is 23.2 Å². The monoisotopic (exact) mass is 344 g/mol. The van der Waals surface area contributed by atoms with Crippen LogP contribution in [0.25, 0.3) is 0 Å². The summed E-state index contributed by atoms with van der Waals surface area (Å²) < 4.78 is 26.7. The largest absolute Gasteiger partial charge is 0.337 e. The maximum Gasteiger partial charge on any atom is 0.261 e. The van der Waals surface area contributed by atoms with E-state index in [-0.39, 0.29) is 28.8 Å². The molecule has 0 spiro atoms. The number of imide groups is 1. The summed E-state index contributed by atoms with van der Waals surface area (Å²) in [6.07, 6.45) is 0. The molecule has 2 aromatic carbocycles. The Hall–Kier alpha value is -3.09. The molecule has 0 bridgehead atoms. The third kappa shape index (κ3) is 2.88. The van der Waals surface area contributed by atoms with E-state index in [4.69, 9.17) is 0 Å². The molecule has 3 amide bonds. The summed E-state index contributed by atoms with van der Waals surface area (Å²) in [6, 6.07) is 7.38. The predicted octanol–water partition coefficient (Wildman–Crippen LogP) is 2.46. The number of rotatable bonds is 3. The molecule has 128 valence electrons. The van der Waals surface area contributed by atoms with Gasteiger partial charge in [-0.05, 0) is 24.3 Å². The van der Waals surface area contributed by atoms with Crippen molar-refractivity contribution in [1.29, 1.82) is 0 Å². The maximum atomic E-state index is 13.7. The van der Waals surface area contributed by atoms with Crippen LogP contribution in [-0.2, 0) is 6.54 Å². The van der Waals surface area contributed by atoms with Crippen molar-refractivity contribution in [1.82, 2.24) is 9.80 Å². The molecule has 0 aromatic heterocycles. The Kier molecular flexibility index (Phi) is 4.08. The average Bonchev–Trinajstić information content (AvgIpc) is 2.80. The van der Waals surface area contributed by atoms with E-state index in [1.165, 1.54) is 43.3 Å². The average molecular weight is 344 g/mol. The van der Waals surface area contributed by atoms with E-state index in [0.717, 1.165) is 17.0 Å². The molecule has 1 aliphatic rings. The van der Waals surface area contributed by atoms with Crippen LogP contribution in [0, 0.1) is 11.6 Å². The minimum Gasteiger partial charge on any atom is -0.337 e. The van der Waals surface area contributed by atoms with Gasteiger partial charge in [-0.2, -0.15) is 0 Å². The fraction of sp³-hybridized carbons (Fsp3) is 0.167. The molecule has 0 atom stereocenters. The molecule has 0 fully saturated rings. The summed E-state index contributed by atoms with van der Waals surface area (Å²) in [4.78, 5) is 38.6. The number of benzene rings is 2. The topological polar surface area (TPSA) is 57.7 Å². The van der Waals surface area contributed by atoms with E-state index >= 15 is 0 Å².